The van der Waals surface area contributed by atoms with Crippen molar-refractivity contribution in [1.82, 2.24) is 10.6 Å². The second-order valence-electron chi connectivity index (χ2n) is 7.68. The molecule has 3 N–H and O–H groups in total. The normalized spacial score (nSPS) is 20.7. The van der Waals surface area contributed by atoms with Crippen molar-refractivity contribution in [2.24, 2.45) is 5.41 Å². The van der Waals surface area contributed by atoms with E-state index in [-0.39, 0.29) is 31.2 Å². The number of aliphatic carboxylic acids is 1. The maximum Gasteiger partial charge on any atom is 0.303 e. The molecule has 0 bridgehead atoms. The Kier molecular flexibility index (Phi) is 9.55. The number of hydrogen-bond acceptors (Lipinski definition) is 6. The molecule has 0 aromatic rings. The molecule has 0 spiro atoms. The number of ether oxygens (including phenoxy) is 2. The number of amides is 2. The van der Waals surface area contributed by atoms with Crippen molar-refractivity contribution in [2.45, 2.75) is 58.8 Å². The minimum Gasteiger partial charge on any atom is -0.481 e. The van der Waals surface area contributed by atoms with Gasteiger partial charge in [-0.2, -0.15) is 11.8 Å². The van der Waals surface area contributed by atoms with Gasteiger partial charge in [0.1, 0.15) is 6.10 Å². The molecule has 27 heavy (non-hydrogen) atoms. The lowest BCUT2D eigenvalue weighted by Crippen LogP contribution is -2.56. The maximum absolute atomic E-state index is 12.4. The standard InChI is InChI=1S/C18H32N2O6S/c1-17(2)12-25-18(3,4)26-15(17)16(24)20-8-7-13(21)19-9-11-27-10-5-6-14(22)23/h15H,5-12H2,1-4H3,(H,19,21)(H,20,24)(H,22,23)/t15-/m0/s1. The van der Waals surface area contributed by atoms with Crippen LogP contribution >= 0.6 is 11.8 Å². The molecule has 1 aliphatic rings. The summed E-state index contributed by atoms with van der Waals surface area (Å²) in [4.78, 5) is 34.6. The van der Waals surface area contributed by atoms with Crippen LogP contribution in [-0.4, -0.2) is 66.0 Å². The first kappa shape index (κ1) is 23.7. The molecule has 0 aromatic heterocycles. The van der Waals surface area contributed by atoms with Gasteiger partial charge in [0.25, 0.3) is 0 Å². The Morgan fingerprint density at radius 3 is 2.44 bits per heavy atom. The van der Waals surface area contributed by atoms with Gasteiger partial charge in [-0.1, -0.05) is 13.8 Å². The topological polar surface area (TPSA) is 114 Å². The number of hydrogen-bond donors (Lipinski definition) is 3. The molecule has 0 aliphatic carbocycles. The summed E-state index contributed by atoms with van der Waals surface area (Å²) in [5.41, 5.74) is -0.445. The summed E-state index contributed by atoms with van der Waals surface area (Å²) in [5.74, 6) is -0.472. The lowest BCUT2D eigenvalue weighted by molar-refractivity contribution is -0.304. The molecule has 0 unspecified atom stereocenters. The van der Waals surface area contributed by atoms with Gasteiger partial charge in [0.2, 0.25) is 11.8 Å². The van der Waals surface area contributed by atoms with E-state index >= 15 is 0 Å². The Morgan fingerprint density at radius 2 is 1.78 bits per heavy atom. The van der Waals surface area contributed by atoms with Crippen LogP contribution in [0.1, 0.15) is 47.0 Å². The lowest BCUT2D eigenvalue weighted by Gasteiger charge is -2.44. The average Bonchev–Trinajstić information content (AvgIpc) is 2.56. The third-order valence-electron chi connectivity index (χ3n) is 4.04. The van der Waals surface area contributed by atoms with Crippen LogP contribution < -0.4 is 10.6 Å². The number of carboxylic acid groups (broad SMARTS) is 1. The van der Waals surface area contributed by atoms with Crippen LogP contribution in [0.2, 0.25) is 0 Å². The first-order valence-corrected chi connectivity index (χ1v) is 10.3. The van der Waals surface area contributed by atoms with E-state index in [4.69, 9.17) is 14.6 Å². The van der Waals surface area contributed by atoms with Crippen molar-refractivity contribution < 1.29 is 29.0 Å². The molecule has 0 aromatic carbocycles. The smallest absolute Gasteiger partial charge is 0.303 e. The number of carbonyl (C=O) groups is 3. The summed E-state index contributed by atoms with van der Waals surface area (Å²) < 4.78 is 11.4. The van der Waals surface area contributed by atoms with Gasteiger partial charge in [-0.15, -0.1) is 0 Å². The van der Waals surface area contributed by atoms with E-state index in [0.29, 0.717) is 19.6 Å². The summed E-state index contributed by atoms with van der Waals surface area (Å²) in [5, 5.41) is 14.1. The maximum atomic E-state index is 12.4. The predicted molar refractivity (Wildman–Crippen MR) is 104 cm³/mol. The van der Waals surface area contributed by atoms with Gasteiger partial charge in [-0.3, -0.25) is 14.4 Å². The molecule has 0 radical (unpaired) electrons. The Balaban J connectivity index is 2.17. The number of rotatable bonds is 11. The summed E-state index contributed by atoms with van der Waals surface area (Å²) >= 11 is 1.61. The van der Waals surface area contributed by atoms with Gasteiger partial charge in [0.15, 0.2) is 5.79 Å². The van der Waals surface area contributed by atoms with E-state index in [0.717, 1.165) is 11.5 Å². The van der Waals surface area contributed by atoms with Crippen molar-refractivity contribution in [3.05, 3.63) is 0 Å². The van der Waals surface area contributed by atoms with Crippen LogP contribution in [0.3, 0.4) is 0 Å². The fourth-order valence-electron chi connectivity index (χ4n) is 2.49. The highest BCUT2D eigenvalue weighted by atomic mass is 32.2. The molecule has 1 fully saturated rings. The van der Waals surface area contributed by atoms with Crippen LogP contribution in [0.4, 0.5) is 0 Å². The van der Waals surface area contributed by atoms with E-state index in [9.17, 15) is 14.4 Å². The molecule has 8 nitrogen and oxygen atoms in total. The zero-order chi connectivity index (χ0) is 20.5. The third kappa shape index (κ3) is 9.44. The van der Waals surface area contributed by atoms with Crippen molar-refractivity contribution in [2.75, 3.05) is 31.2 Å². The Morgan fingerprint density at radius 1 is 1.07 bits per heavy atom. The molecule has 1 rings (SSSR count). The Hall–Kier alpha value is -1.32. The first-order valence-electron chi connectivity index (χ1n) is 9.19. The molecule has 0 saturated carbocycles. The zero-order valence-corrected chi connectivity index (χ0v) is 17.4. The minimum absolute atomic E-state index is 0.131. The number of nitrogens with one attached hydrogen (secondary N) is 2. The molecule has 9 heteroatoms. The lowest BCUT2D eigenvalue weighted by atomic mass is 9.85. The SMILES string of the molecule is CC1(C)OCC(C)(C)[C@H](C(=O)NCCC(=O)NCCSCCCC(=O)O)O1. The molecule has 2 amide bonds. The van der Waals surface area contributed by atoms with Gasteiger partial charge in [-0.05, 0) is 26.0 Å². The molecular formula is C18H32N2O6S. The van der Waals surface area contributed by atoms with Crippen molar-refractivity contribution in [1.29, 1.82) is 0 Å². The second kappa shape index (κ2) is 10.9. The average molecular weight is 405 g/mol. The highest BCUT2D eigenvalue weighted by Gasteiger charge is 2.45. The molecule has 1 heterocycles. The quantitative estimate of drug-likeness (QED) is 0.446. The zero-order valence-electron chi connectivity index (χ0n) is 16.6. The first-order chi connectivity index (χ1) is 12.5. The fourth-order valence-corrected chi connectivity index (χ4v) is 3.29. The van der Waals surface area contributed by atoms with Crippen LogP contribution in [0, 0.1) is 5.41 Å². The van der Waals surface area contributed by atoms with Gasteiger partial charge < -0.3 is 25.2 Å². The minimum atomic E-state index is -0.808. The van der Waals surface area contributed by atoms with Crippen molar-refractivity contribution >= 4 is 29.5 Å². The van der Waals surface area contributed by atoms with Gasteiger partial charge in [0, 0.05) is 37.1 Å². The predicted octanol–water partition coefficient (Wildman–Crippen LogP) is 1.38. The molecular weight excluding hydrogens is 372 g/mol. The number of carbonyl (C=O) groups excluding carboxylic acids is 2. The van der Waals surface area contributed by atoms with Crippen molar-refractivity contribution in [3.63, 3.8) is 0 Å². The largest absolute Gasteiger partial charge is 0.481 e. The summed E-state index contributed by atoms with van der Waals surface area (Å²) in [6.07, 6.45) is 0.361. The van der Waals surface area contributed by atoms with Gasteiger partial charge >= 0.3 is 5.97 Å². The van der Waals surface area contributed by atoms with E-state index in [1.54, 1.807) is 25.6 Å². The van der Waals surface area contributed by atoms with E-state index < -0.39 is 23.3 Å². The van der Waals surface area contributed by atoms with Crippen LogP contribution in [0.25, 0.3) is 0 Å². The Bertz CT molecular complexity index is 524. The molecule has 1 atom stereocenters. The summed E-state index contributed by atoms with van der Waals surface area (Å²) in [6, 6.07) is 0. The van der Waals surface area contributed by atoms with Crippen molar-refractivity contribution in [3.8, 4) is 0 Å². The third-order valence-corrected chi connectivity index (χ3v) is 5.11. The van der Waals surface area contributed by atoms with E-state index in [1.807, 2.05) is 13.8 Å². The van der Waals surface area contributed by atoms with Crippen LogP contribution in [-0.2, 0) is 23.9 Å². The fraction of sp³-hybridized carbons (Fsp3) is 0.833. The second-order valence-corrected chi connectivity index (χ2v) is 8.90. The monoisotopic (exact) mass is 404 g/mol. The van der Waals surface area contributed by atoms with Gasteiger partial charge in [-0.25, -0.2) is 0 Å². The van der Waals surface area contributed by atoms with E-state index in [2.05, 4.69) is 10.6 Å². The number of carboxylic acids is 1. The Labute approximate surface area is 165 Å². The molecule has 1 saturated heterocycles. The number of thioether (sulfide) groups is 1. The summed E-state index contributed by atoms with van der Waals surface area (Å²) in [6.45, 7) is 8.55. The molecule has 1 aliphatic heterocycles. The van der Waals surface area contributed by atoms with E-state index in [1.165, 1.54) is 0 Å². The van der Waals surface area contributed by atoms with Crippen LogP contribution in [0.5, 0.6) is 0 Å². The molecule has 156 valence electrons. The highest BCUT2D eigenvalue weighted by Crippen LogP contribution is 2.34. The summed E-state index contributed by atoms with van der Waals surface area (Å²) in [7, 11) is 0. The van der Waals surface area contributed by atoms with Gasteiger partial charge in [0.05, 0.1) is 6.61 Å². The van der Waals surface area contributed by atoms with Crippen LogP contribution in [0.15, 0.2) is 0 Å². The highest BCUT2D eigenvalue weighted by molar-refractivity contribution is 7.99.